The molecule has 0 bridgehead atoms. The van der Waals surface area contributed by atoms with E-state index in [0.717, 1.165) is 30.0 Å². The van der Waals surface area contributed by atoms with Crippen molar-refractivity contribution in [2.24, 2.45) is 0 Å². The number of hydrogen-bond acceptors (Lipinski definition) is 3. The highest BCUT2D eigenvalue weighted by Gasteiger charge is 2.19. The lowest BCUT2D eigenvalue weighted by Crippen LogP contribution is -2.41. The smallest absolute Gasteiger partial charge is 0.253 e. The van der Waals surface area contributed by atoms with Crippen LogP contribution in [0.25, 0.3) is 11.3 Å². The Morgan fingerprint density at radius 2 is 1.87 bits per heavy atom. The summed E-state index contributed by atoms with van der Waals surface area (Å²) in [7, 11) is 0. The van der Waals surface area contributed by atoms with Gasteiger partial charge in [0.15, 0.2) is 0 Å². The molecular weight excluding hydrogens is 435 g/mol. The third kappa shape index (κ3) is 4.75. The summed E-state index contributed by atoms with van der Waals surface area (Å²) in [5.41, 5.74) is 2.80. The van der Waals surface area contributed by atoms with E-state index in [1.807, 2.05) is 24.3 Å². The van der Waals surface area contributed by atoms with Crippen LogP contribution < -0.4 is 10.6 Å². The Morgan fingerprint density at radius 1 is 1.10 bits per heavy atom. The number of benzene rings is 2. The Bertz CT molecular complexity index is 1100. The highest BCUT2D eigenvalue weighted by atomic mass is 35.5. The number of anilines is 1. The predicted octanol–water partition coefficient (Wildman–Crippen LogP) is 4.95. The van der Waals surface area contributed by atoms with Crippen molar-refractivity contribution < 1.29 is 9.59 Å². The van der Waals surface area contributed by atoms with Crippen LogP contribution in [0.15, 0.2) is 48.7 Å². The van der Waals surface area contributed by atoms with Crippen molar-refractivity contribution in [3.63, 3.8) is 0 Å². The predicted molar refractivity (Wildman–Crippen MR) is 123 cm³/mol. The third-order valence-corrected chi connectivity index (χ3v) is 6.11. The van der Waals surface area contributed by atoms with Gasteiger partial charge in [-0.1, -0.05) is 41.4 Å². The Labute approximate surface area is 190 Å². The number of hydrogen-bond donors (Lipinski definition) is 2. The van der Waals surface area contributed by atoms with Crippen molar-refractivity contribution in [3.8, 4) is 11.3 Å². The van der Waals surface area contributed by atoms with E-state index >= 15 is 0 Å². The summed E-state index contributed by atoms with van der Waals surface area (Å²) in [4.78, 5) is 29.7. The van der Waals surface area contributed by atoms with E-state index in [1.54, 1.807) is 25.1 Å². The summed E-state index contributed by atoms with van der Waals surface area (Å²) in [6.07, 6.45) is 5.46. The zero-order chi connectivity index (χ0) is 22.0. The highest BCUT2D eigenvalue weighted by Crippen LogP contribution is 2.26. The summed E-state index contributed by atoms with van der Waals surface area (Å²) < 4.78 is 2.21. The van der Waals surface area contributed by atoms with Crippen LogP contribution in [0.3, 0.4) is 0 Å². The molecular formula is C23H22Cl2N4O2. The molecule has 2 aromatic carbocycles. The Kier molecular flexibility index (Phi) is 6.30. The number of aromatic nitrogens is 2. The van der Waals surface area contributed by atoms with Crippen molar-refractivity contribution in [1.29, 1.82) is 0 Å². The number of imidazole rings is 1. The molecule has 1 aromatic heterocycles. The number of nitrogens with zero attached hydrogens (tertiary/aromatic N) is 2. The van der Waals surface area contributed by atoms with Crippen LogP contribution in [0, 0.1) is 0 Å². The van der Waals surface area contributed by atoms with Gasteiger partial charge in [0.1, 0.15) is 11.9 Å². The molecule has 0 fully saturated rings. The normalized spacial score (nSPS) is 13.9. The molecule has 0 radical (unpaired) electrons. The molecule has 0 saturated carbocycles. The van der Waals surface area contributed by atoms with Crippen molar-refractivity contribution >= 4 is 40.7 Å². The molecule has 3 aromatic rings. The van der Waals surface area contributed by atoms with Crippen LogP contribution in [0.5, 0.6) is 0 Å². The molecule has 0 spiro atoms. The van der Waals surface area contributed by atoms with Gasteiger partial charge in [0.2, 0.25) is 5.91 Å². The number of carbonyl (C=O) groups is 2. The molecule has 8 heteroatoms. The van der Waals surface area contributed by atoms with E-state index in [2.05, 4.69) is 21.4 Å². The molecule has 2 amide bonds. The lowest BCUT2D eigenvalue weighted by Gasteiger charge is -2.15. The van der Waals surface area contributed by atoms with Gasteiger partial charge in [0.25, 0.3) is 5.91 Å². The van der Waals surface area contributed by atoms with Gasteiger partial charge in [0, 0.05) is 30.4 Å². The minimum atomic E-state index is -0.762. The maximum absolute atomic E-state index is 12.5. The zero-order valence-electron chi connectivity index (χ0n) is 17.0. The van der Waals surface area contributed by atoms with Gasteiger partial charge in [-0.2, -0.15) is 0 Å². The number of rotatable bonds is 5. The van der Waals surface area contributed by atoms with Gasteiger partial charge in [0.05, 0.1) is 21.3 Å². The van der Waals surface area contributed by atoms with Gasteiger partial charge in [-0.15, -0.1) is 0 Å². The van der Waals surface area contributed by atoms with E-state index in [9.17, 15) is 9.59 Å². The Morgan fingerprint density at radius 3 is 2.61 bits per heavy atom. The molecule has 2 heterocycles. The van der Waals surface area contributed by atoms with Crippen LogP contribution in [0.4, 0.5) is 5.69 Å². The molecule has 2 N–H and O–H groups in total. The fourth-order valence-corrected chi connectivity index (χ4v) is 3.93. The first-order chi connectivity index (χ1) is 14.9. The minimum absolute atomic E-state index is 0.158. The molecule has 1 aliphatic heterocycles. The molecule has 0 saturated heterocycles. The SMILES string of the molecule is CC(NC(=O)c1cccc(Cl)c1Cl)C(=O)Nc1ccc(-c2cn3c(n2)CCCC3)cc1. The van der Waals surface area contributed by atoms with Crippen LogP contribution in [0.1, 0.15) is 35.9 Å². The maximum Gasteiger partial charge on any atom is 0.253 e. The second-order valence-corrected chi connectivity index (χ2v) is 8.34. The molecule has 1 atom stereocenters. The van der Waals surface area contributed by atoms with E-state index in [4.69, 9.17) is 28.2 Å². The summed E-state index contributed by atoms with van der Waals surface area (Å²) in [6, 6.07) is 11.5. The molecule has 6 nitrogen and oxygen atoms in total. The average molecular weight is 457 g/mol. The number of amides is 2. The Balaban J connectivity index is 1.38. The van der Waals surface area contributed by atoms with Crippen molar-refractivity contribution in [3.05, 3.63) is 70.1 Å². The van der Waals surface area contributed by atoms with Crippen LogP contribution >= 0.6 is 23.2 Å². The third-order valence-electron chi connectivity index (χ3n) is 5.29. The van der Waals surface area contributed by atoms with E-state index < -0.39 is 11.9 Å². The number of halogens is 2. The number of aryl methyl sites for hydroxylation is 2. The van der Waals surface area contributed by atoms with Gasteiger partial charge in [-0.25, -0.2) is 4.98 Å². The van der Waals surface area contributed by atoms with Crippen molar-refractivity contribution in [2.75, 3.05) is 5.32 Å². The summed E-state index contributed by atoms with van der Waals surface area (Å²) >= 11 is 12.0. The fraction of sp³-hybridized carbons (Fsp3) is 0.261. The topological polar surface area (TPSA) is 76.0 Å². The first-order valence-electron chi connectivity index (χ1n) is 10.1. The van der Waals surface area contributed by atoms with E-state index in [-0.39, 0.29) is 21.5 Å². The van der Waals surface area contributed by atoms with Crippen molar-refractivity contribution in [1.82, 2.24) is 14.9 Å². The zero-order valence-corrected chi connectivity index (χ0v) is 18.5. The van der Waals surface area contributed by atoms with E-state index in [0.29, 0.717) is 5.69 Å². The standard InChI is InChI=1S/C23H22Cl2N4O2/c1-14(26-23(31)17-5-4-6-18(24)21(17)25)22(30)27-16-10-8-15(9-11-16)19-13-29-12-3-2-7-20(29)28-19/h4-6,8-11,13-14H,2-3,7,12H2,1H3,(H,26,31)(H,27,30). The molecule has 1 aliphatic rings. The Hall–Kier alpha value is -2.83. The first-order valence-corrected chi connectivity index (χ1v) is 10.9. The summed E-state index contributed by atoms with van der Waals surface area (Å²) in [5.74, 6) is 0.328. The largest absolute Gasteiger partial charge is 0.340 e. The second-order valence-electron chi connectivity index (χ2n) is 7.56. The van der Waals surface area contributed by atoms with Gasteiger partial charge in [-0.05, 0) is 44.0 Å². The quantitative estimate of drug-likeness (QED) is 0.569. The molecule has 4 rings (SSSR count). The first kappa shape index (κ1) is 21.4. The molecule has 31 heavy (non-hydrogen) atoms. The number of nitrogens with one attached hydrogen (secondary N) is 2. The van der Waals surface area contributed by atoms with Gasteiger partial charge < -0.3 is 15.2 Å². The highest BCUT2D eigenvalue weighted by molar-refractivity contribution is 6.43. The summed E-state index contributed by atoms with van der Waals surface area (Å²) in [5, 5.41) is 5.90. The van der Waals surface area contributed by atoms with Gasteiger partial charge in [-0.3, -0.25) is 9.59 Å². The second kappa shape index (κ2) is 9.12. The fourth-order valence-electron chi connectivity index (χ4n) is 3.55. The van der Waals surface area contributed by atoms with E-state index in [1.165, 1.54) is 12.8 Å². The maximum atomic E-state index is 12.5. The lowest BCUT2D eigenvalue weighted by molar-refractivity contribution is -0.117. The number of carbonyl (C=O) groups excluding carboxylic acids is 2. The number of fused-ring (bicyclic) bond motifs is 1. The minimum Gasteiger partial charge on any atom is -0.340 e. The summed E-state index contributed by atoms with van der Waals surface area (Å²) in [6.45, 7) is 2.62. The molecule has 160 valence electrons. The molecule has 0 aliphatic carbocycles. The van der Waals surface area contributed by atoms with Gasteiger partial charge >= 0.3 is 0 Å². The van der Waals surface area contributed by atoms with Crippen LogP contribution in [0.2, 0.25) is 10.0 Å². The van der Waals surface area contributed by atoms with Crippen LogP contribution in [-0.4, -0.2) is 27.4 Å². The molecule has 1 unspecified atom stereocenters. The van der Waals surface area contributed by atoms with Crippen LogP contribution in [-0.2, 0) is 17.8 Å². The average Bonchev–Trinajstić information content (AvgIpc) is 3.20. The lowest BCUT2D eigenvalue weighted by atomic mass is 10.1. The van der Waals surface area contributed by atoms with Crippen molar-refractivity contribution in [2.45, 2.75) is 38.8 Å². The monoisotopic (exact) mass is 456 g/mol.